The van der Waals surface area contributed by atoms with Crippen LogP contribution in [0.5, 0.6) is 0 Å². The summed E-state index contributed by atoms with van der Waals surface area (Å²) < 4.78 is 69.8. The van der Waals surface area contributed by atoms with Crippen molar-refractivity contribution in [2.24, 2.45) is 0 Å². The molecule has 5 rings (SSSR count). The third-order valence-corrected chi connectivity index (χ3v) is 5.64. The van der Waals surface area contributed by atoms with Gasteiger partial charge in [0.2, 0.25) is 0 Å². The Morgan fingerprint density at radius 3 is 2.33 bits per heavy atom. The van der Waals surface area contributed by atoms with Crippen molar-refractivity contribution in [2.45, 2.75) is 6.18 Å². The minimum atomic E-state index is -4.78. The number of fused-ring (bicyclic) bond motifs is 1. The lowest BCUT2D eigenvalue weighted by Gasteiger charge is -2.15. The highest BCUT2D eigenvalue weighted by Crippen LogP contribution is 2.36. The predicted octanol–water partition coefficient (Wildman–Crippen LogP) is 7.22. The molecule has 0 saturated carbocycles. The summed E-state index contributed by atoms with van der Waals surface area (Å²) in [6.45, 7) is 0. The van der Waals surface area contributed by atoms with Crippen LogP contribution in [0.3, 0.4) is 0 Å². The van der Waals surface area contributed by atoms with Crippen LogP contribution in [0.2, 0.25) is 0 Å². The van der Waals surface area contributed by atoms with E-state index >= 15 is 0 Å². The number of halogens is 5. The number of nitrogens with zero attached hydrogens (tertiary/aromatic N) is 2. The maximum atomic E-state index is 13.7. The Hall–Kier alpha value is -4.53. The van der Waals surface area contributed by atoms with Crippen LogP contribution in [0.15, 0.2) is 91.3 Å². The molecule has 0 aliphatic carbocycles. The van der Waals surface area contributed by atoms with E-state index in [-0.39, 0.29) is 5.69 Å². The van der Waals surface area contributed by atoms with Crippen molar-refractivity contribution in [3.05, 3.63) is 114 Å². The molecule has 0 aliphatic heterocycles. The molecule has 0 atom stereocenters. The summed E-state index contributed by atoms with van der Waals surface area (Å²) in [5.74, 6) is -1.51. The van der Waals surface area contributed by atoms with Gasteiger partial charge < -0.3 is 5.32 Å². The molecule has 0 radical (unpaired) electrons. The van der Waals surface area contributed by atoms with Crippen molar-refractivity contribution < 1.29 is 26.7 Å². The van der Waals surface area contributed by atoms with Gasteiger partial charge >= 0.3 is 6.18 Å². The third-order valence-electron chi connectivity index (χ3n) is 5.64. The number of alkyl halides is 3. The first-order valence-corrected chi connectivity index (χ1v) is 10.7. The molecule has 0 bridgehead atoms. The molecule has 1 N–H and O–H groups in total. The second kappa shape index (κ2) is 8.92. The lowest BCUT2D eigenvalue weighted by atomic mass is 9.98. The Morgan fingerprint density at radius 1 is 0.833 bits per heavy atom. The molecule has 1 amide bonds. The van der Waals surface area contributed by atoms with Crippen LogP contribution in [-0.2, 0) is 6.18 Å². The molecule has 2 aromatic heterocycles. The number of amides is 1. The zero-order valence-electron chi connectivity index (χ0n) is 18.4. The van der Waals surface area contributed by atoms with E-state index in [0.29, 0.717) is 28.0 Å². The van der Waals surface area contributed by atoms with E-state index in [2.05, 4.69) is 10.3 Å². The lowest BCUT2D eigenvalue weighted by Crippen LogP contribution is -2.19. The molecule has 3 aromatic carbocycles. The van der Waals surface area contributed by atoms with Crippen LogP contribution in [0.25, 0.3) is 28.0 Å². The minimum Gasteiger partial charge on any atom is -0.322 e. The van der Waals surface area contributed by atoms with Crippen molar-refractivity contribution in [3.63, 3.8) is 0 Å². The Balaban J connectivity index is 1.60. The molecule has 4 nitrogen and oxygen atoms in total. The molecule has 5 aromatic rings. The van der Waals surface area contributed by atoms with Gasteiger partial charge in [0.25, 0.3) is 5.91 Å². The van der Waals surface area contributed by atoms with E-state index in [4.69, 9.17) is 0 Å². The first kappa shape index (κ1) is 23.2. The van der Waals surface area contributed by atoms with Crippen LogP contribution in [0.1, 0.15) is 15.9 Å². The van der Waals surface area contributed by atoms with Crippen LogP contribution in [0, 0.1) is 11.6 Å². The quantitative estimate of drug-likeness (QED) is 0.269. The number of pyridine rings is 1. The van der Waals surface area contributed by atoms with Gasteiger partial charge in [-0.3, -0.25) is 9.20 Å². The standard InChI is InChI=1S/C27H16F5N3O/c28-18-7-9-20(10-8-18)34-26(36)22-14-16(6-11-23(22)27(30,31)32)21-5-2-12-35-24(21)15-33-25(35)17-3-1-4-19(29)13-17/h1-15H,(H,34,36). The van der Waals surface area contributed by atoms with Crippen molar-refractivity contribution in [1.29, 1.82) is 0 Å². The van der Waals surface area contributed by atoms with Crippen molar-refractivity contribution in [1.82, 2.24) is 9.38 Å². The highest BCUT2D eigenvalue weighted by Gasteiger charge is 2.35. The second-order valence-corrected chi connectivity index (χ2v) is 7.99. The molecular weight excluding hydrogens is 477 g/mol. The average molecular weight is 493 g/mol. The summed E-state index contributed by atoms with van der Waals surface area (Å²) in [6, 6.07) is 17.2. The molecular formula is C27H16F5N3O. The largest absolute Gasteiger partial charge is 0.417 e. The average Bonchev–Trinajstić information content (AvgIpc) is 3.29. The zero-order chi connectivity index (χ0) is 25.4. The maximum absolute atomic E-state index is 13.7. The van der Waals surface area contributed by atoms with Crippen LogP contribution in [-0.4, -0.2) is 15.3 Å². The monoisotopic (exact) mass is 493 g/mol. The van der Waals surface area contributed by atoms with E-state index in [1.165, 1.54) is 36.5 Å². The number of aromatic nitrogens is 2. The molecule has 0 saturated heterocycles. The fourth-order valence-electron chi connectivity index (χ4n) is 3.99. The number of nitrogens with one attached hydrogen (secondary N) is 1. The Kier molecular flexibility index (Phi) is 5.75. The van der Waals surface area contributed by atoms with Crippen LogP contribution in [0.4, 0.5) is 27.6 Å². The maximum Gasteiger partial charge on any atom is 0.417 e. The van der Waals surface area contributed by atoms with Crippen molar-refractivity contribution >= 4 is 17.1 Å². The Bertz CT molecular complexity index is 1590. The normalized spacial score (nSPS) is 11.6. The van der Waals surface area contributed by atoms with Gasteiger partial charge in [-0.05, 0) is 60.2 Å². The number of carbonyl (C=O) groups excluding carboxylic acids is 1. The van der Waals surface area contributed by atoms with Gasteiger partial charge in [-0.1, -0.05) is 24.3 Å². The van der Waals surface area contributed by atoms with E-state index in [9.17, 15) is 26.7 Å². The molecule has 0 fully saturated rings. The summed E-state index contributed by atoms with van der Waals surface area (Å²) in [6.07, 6.45) is -1.54. The van der Waals surface area contributed by atoms with Crippen molar-refractivity contribution in [3.8, 4) is 22.5 Å². The number of rotatable bonds is 4. The number of imidazole rings is 1. The number of hydrogen-bond acceptors (Lipinski definition) is 2. The fraction of sp³-hybridized carbons (Fsp3) is 0.0370. The van der Waals surface area contributed by atoms with Gasteiger partial charge in [0.15, 0.2) is 0 Å². The van der Waals surface area contributed by atoms with Gasteiger partial charge in [0, 0.05) is 23.0 Å². The predicted molar refractivity (Wildman–Crippen MR) is 125 cm³/mol. The highest BCUT2D eigenvalue weighted by molar-refractivity contribution is 6.06. The lowest BCUT2D eigenvalue weighted by molar-refractivity contribution is -0.137. The molecule has 180 valence electrons. The fourth-order valence-corrected chi connectivity index (χ4v) is 3.99. The number of benzene rings is 3. The molecule has 0 spiro atoms. The summed E-state index contributed by atoms with van der Waals surface area (Å²) in [4.78, 5) is 17.3. The molecule has 0 aliphatic rings. The first-order chi connectivity index (χ1) is 17.2. The summed E-state index contributed by atoms with van der Waals surface area (Å²) >= 11 is 0. The Labute approximate surface area is 201 Å². The summed E-state index contributed by atoms with van der Waals surface area (Å²) in [5, 5.41) is 2.39. The number of carbonyl (C=O) groups is 1. The van der Waals surface area contributed by atoms with Gasteiger partial charge in [0.05, 0.1) is 22.8 Å². The second-order valence-electron chi connectivity index (χ2n) is 7.99. The molecule has 0 unspecified atom stereocenters. The van der Waals surface area contributed by atoms with Crippen LogP contribution >= 0.6 is 0 Å². The van der Waals surface area contributed by atoms with E-state index < -0.39 is 34.8 Å². The molecule has 36 heavy (non-hydrogen) atoms. The Morgan fingerprint density at radius 2 is 1.61 bits per heavy atom. The van der Waals surface area contributed by atoms with Gasteiger partial charge in [-0.25, -0.2) is 13.8 Å². The minimum absolute atomic E-state index is 0.151. The number of hydrogen-bond donors (Lipinski definition) is 1. The topological polar surface area (TPSA) is 46.4 Å². The van der Waals surface area contributed by atoms with E-state index in [1.807, 2.05) is 0 Å². The third kappa shape index (κ3) is 4.43. The smallest absolute Gasteiger partial charge is 0.322 e. The number of anilines is 1. The SMILES string of the molecule is O=C(Nc1ccc(F)cc1)c1cc(-c2cccn3c(-c4cccc(F)c4)ncc23)ccc1C(F)(F)F. The van der Waals surface area contributed by atoms with Gasteiger partial charge in [-0.15, -0.1) is 0 Å². The summed E-state index contributed by atoms with van der Waals surface area (Å²) in [5.41, 5.74) is 0.418. The van der Waals surface area contributed by atoms with Crippen molar-refractivity contribution in [2.75, 3.05) is 5.32 Å². The van der Waals surface area contributed by atoms with Gasteiger partial charge in [-0.2, -0.15) is 13.2 Å². The zero-order valence-corrected chi connectivity index (χ0v) is 18.4. The molecule has 2 heterocycles. The summed E-state index contributed by atoms with van der Waals surface area (Å²) in [7, 11) is 0. The van der Waals surface area contributed by atoms with E-state index in [1.54, 1.807) is 34.9 Å². The van der Waals surface area contributed by atoms with Gasteiger partial charge in [0.1, 0.15) is 17.5 Å². The van der Waals surface area contributed by atoms with E-state index in [0.717, 1.165) is 24.3 Å². The highest BCUT2D eigenvalue weighted by atomic mass is 19.4. The molecule has 9 heteroatoms. The van der Waals surface area contributed by atoms with Crippen LogP contribution < -0.4 is 5.32 Å². The first-order valence-electron chi connectivity index (χ1n) is 10.7.